The van der Waals surface area contributed by atoms with Crippen molar-refractivity contribution in [2.24, 2.45) is 0 Å². The van der Waals surface area contributed by atoms with E-state index in [1.54, 1.807) is 18.2 Å². The van der Waals surface area contributed by atoms with Crippen LogP contribution in [0.5, 0.6) is 0 Å². The molecule has 2 aromatic carbocycles. The fourth-order valence-electron chi connectivity index (χ4n) is 4.13. The zero-order valence-electron chi connectivity index (χ0n) is 18.4. The Morgan fingerprint density at radius 3 is 2.41 bits per heavy atom. The van der Waals surface area contributed by atoms with Gasteiger partial charge in [-0.05, 0) is 37.5 Å². The molecule has 0 atom stereocenters. The summed E-state index contributed by atoms with van der Waals surface area (Å²) in [5.74, 6) is 0.0665. The van der Waals surface area contributed by atoms with E-state index in [-0.39, 0.29) is 30.0 Å². The Hall–Kier alpha value is -3.42. The molecule has 0 spiro atoms. The van der Waals surface area contributed by atoms with Crippen molar-refractivity contribution in [3.05, 3.63) is 70.3 Å². The Bertz CT molecular complexity index is 927. The molecule has 0 saturated carbocycles. The van der Waals surface area contributed by atoms with E-state index in [0.29, 0.717) is 37.4 Å². The van der Waals surface area contributed by atoms with Crippen LogP contribution >= 0.6 is 0 Å². The molecule has 0 bridgehead atoms. The van der Waals surface area contributed by atoms with Crippen LogP contribution in [-0.2, 0) is 4.79 Å². The minimum absolute atomic E-state index is 0.000758. The summed E-state index contributed by atoms with van der Waals surface area (Å²) >= 11 is 0. The Balaban J connectivity index is 1.53. The van der Waals surface area contributed by atoms with Gasteiger partial charge in [0.25, 0.3) is 11.6 Å². The van der Waals surface area contributed by atoms with Crippen molar-refractivity contribution in [2.45, 2.75) is 38.6 Å². The van der Waals surface area contributed by atoms with Gasteiger partial charge < -0.3 is 15.1 Å². The predicted octanol–water partition coefficient (Wildman–Crippen LogP) is 3.94. The van der Waals surface area contributed by atoms with E-state index >= 15 is 0 Å². The minimum atomic E-state index is -0.432. The van der Waals surface area contributed by atoms with Crippen molar-refractivity contribution >= 4 is 23.2 Å². The average Bonchev–Trinajstić information content (AvgIpc) is 2.83. The summed E-state index contributed by atoms with van der Waals surface area (Å²) < 4.78 is 0. The van der Waals surface area contributed by atoms with Crippen molar-refractivity contribution in [2.75, 3.05) is 31.5 Å². The highest BCUT2D eigenvalue weighted by Crippen LogP contribution is 2.23. The van der Waals surface area contributed by atoms with Crippen LogP contribution in [0.3, 0.4) is 0 Å². The standard InChI is InChI=1S/C24H30N4O4/c1-2-16-27(23(29)12-15-25-21-10-6-7-11-22(21)28(31)32)20-13-17-26(18-14-20)24(30)19-8-4-3-5-9-19/h3-11,20,25H,2,12-18H2,1H3. The molecule has 0 aromatic heterocycles. The van der Waals surface area contributed by atoms with Crippen LogP contribution in [0.2, 0.25) is 0 Å². The molecule has 170 valence electrons. The van der Waals surface area contributed by atoms with Crippen molar-refractivity contribution < 1.29 is 14.5 Å². The number of amides is 2. The first-order valence-corrected chi connectivity index (χ1v) is 11.1. The molecule has 0 unspecified atom stereocenters. The molecule has 2 amide bonds. The van der Waals surface area contributed by atoms with Gasteiger partial charge in [0, 0.05) is 50.3 Å². The van der Waals surface area contributed by atoms with Crippen LogP contribution in [0.25, 0.3) is 0 Å². The van der Waals surface area contributed by atoms with Crippen molar-refractivity contribution in [3.63, 3.8) is 0 Å². The van der Waals surface area contributed by atoms with E-state index in [9.17, 15) is 19.7 Å². The van der Waals surface area contributed by atoms with Gasteiger partial charge in [0.05, 0.1) is 4.92 Å². The fraction of sp³-hybridized carbons (Fsp3) is 0.417. The number of piperidine rings is 1. The molecule has 1 heterocycles. The van der Waals surface area contributed by atoms with Crippen molar-refractivity contribution in [1.82, 2.24) is 9.80 Å². The smallest absolute Gasteiger partial charge is 0.292 e. The van der Waals surface area contributed by atoms with Crippen molar-refractivity contribution in [3.8, 4) is 0 Å². The maximum Gasteiger partial charge on any atom is 0.292 e. The highest BCUT2D eigenvalue weighted by atomic mass is 16.6. The SMILES string of the molecule is CCCN(C(=O)CCNc1ccccc1[N+](=O)[O-])C1CCN(C(=O)c2ccccc2)CC1. The van der Waals surface area contributed by atoms with Gasteiger partial charge in [0.2, 0.25) is 5.91 Å². The van der Waals surface area contributed by atoms with Crippen LogP contribution < -0.4 is 5.32 Å². The molecule has 1 fully saturated rings. The topological polar surface area (TPSA) is 95.8 Å². The lowest BCUT2D eigenvalue weighted by molar-refractivity contribution is -0.384. The number of benzene rings is 2. The largest absolute Gasteiger partial charge is 0.379 e. The highest BCUT2D eigenvalue weighted by Gasteiger charge is 2.29. The van der Waals surface area contributed by atoms with E-state index in [1.165, 1.54) is 6.07 Å². The second kappa shape index (κ2) is 11.3. The van der Waals surface area contributed by atoms with Gasteiger partial charge in [-0.15, -0.1) is 0 Å². The molecule has 1 aliphatic heterocycles. The second-order valence-corrected chi connectivity index (χ2v) is 7.93. The summed E-state index contributed by atoms with van der Waals surface area (Å²) in [5, 5.41) is 14.2. The summed E-state index contributed by atoms with van der Waals surface area (Å²) in [6.45, 7) is 4.29. The van der Waals surface area contributed by atoms with E-state index in [1.807, 2.05) is 47.1 Å². The molecule has 8 heteroatoms. The normalized spacial score (nSPS) is 14.1. The summed E-state index contributed by atoms with van der Waals surface area (Å²) in [6.07, 6.45) is 2.62. The van der Waals surface area contributed by atoms with E-state index in [0.717, 1.165) is 19.3 Å². The van der Waals surface area contributed by atoms with Crippen LogP contribution in [0.1, 0.15) is 43.0 Å². The van der Waals surface area contributed by atoms with E-state index < -0.39 is 4.92 Å². The van der Waals surface area contributed by atoms with Gasteiger partial charge in [-0.25, -0.2) is 0 Å². The Morgan fingerprint density at radius 1 is 1.09 bits per heavy atom. The third-order valence-electron chi connectivity index (χ3n) is 5.75. The van der Waals surface area contributed by atoms with Gasteiger partial charge >= 0.3 is 0 Å². The van der Waals surface area contributed by atoms with E-state index in [2.05, 4.69) is 5.32 Å². The van der Waals surface area contributed by atoms with Crippen LogP contribution in [0, 0.1) is 10.1 Å². The third kappa shape index (κ3) is 5.84. The number of likely N-dealkylation sites (tertiary alicyclic amines) is 1. The number of hydrogen-bond donors (Lipinski definition) is 1. The van der Waals surface area contributed by atoms with Gasteiger partial charge in [-0.3, -0.25) is 19.7 Å². The number of anilines is 1. The Labute approximate surface area is 188 Å². The zero-order chi connectivity index (χ0) is 22.9. The lowest BCUT2D eigenvalue weighted by atomic mass is 10.0. The average molecular weight is 439 g/mol. The van der Waals surface area contributed by atoms with Gasteiger partial charge in [-0.2, -0.15) is 0 Å². The maximum atomic E-state index is 12.9. The summed E-state index contributed by atoms with van der Waals surface area (Å²) in [7, 11) is 0. The highest BCUT2D eigenvalue weighted by molar-refractivity contribution is 5.94. The number of rotatable bonds is 9. The molecule has 32 heavy (non-hydrogen) atoms. The Morgan fingerprint density at radius 2 is 1.75 bits per heavy atom. The molecule has 3 rings (SSSR count). The quantitative estimate of drug-likeness (QED) is 0.473. The number of carbonyl (C=O) groups is 2. The van der Waals surface area contributed by atoms with Crippen LogP contribution in [-0.4, -0.2) is 58.8 Å². The zero-order valence-corrected chi connectivity index (χ0v) is 18.4. The molecule has 1 aliphatic rings. The summed E-state index contributed by atoms with van der Waals surface area (Å²) in [5.41, 5.74) is 1.11. The molecular weight excluding hydrogens is 408 g/mol. The maximum absolute atomic E-state index is 12.9. The molecule has 8 nitrogen and oxygen atoms in total. The number of nitro benzene ring substituents is 1. The van der Waals surface area contributed by atoms with Gasteiger partial charge in [0.15, 0.2) is 0 Å². The number of nitrogens with zero attached hydrogens (tertiary/aromatic N) is 3. The Kier molecular flexibility index (Phi) is 8.19. The lowest BCUT2D eigenvalue weighted by Gasteiger charge is -2.38. The summed E-state index contributed by atoms with van der Waals surface area (Å²) in [4.78, 5) is 40.1. The molecular formula is C24H30N4O4. The predicted molar refractivity (Wildman–Crippen MR) is 124 cm³/mol. The molecule has 1 saturated heterocycles. The van der Waals surface area contributed by atoms with Crippen LogP contribution in [0.4, 0.5) is 11.4 Å². The van der Waals surface area contributed by atoms with Gasteiger partial charge in [0.1, 0.15) is 5.69 Å². The first-order chi connectivity index (χ1) is 15.5. The monoisotopic (exact) mass is 438 g/mol. The molecule has 0 radical (unpaired) electrons. The number of para-hydroxylation sites is 2. The van der Waals surface area contributed by atoms with Crippen molar-refractivity contribution in [1.29, 1.82) is 0 Å². The number of nitro groups is 1. The number of nitrogens with one attached hydrogen (secondary N) is 1. The minimum Gasteiger partial charge on any atom is -0.379 e. The van der Waals surface area contributed by atoms with Gasteiger partial charge in [-0.1, -0.05) is 37.3 Å². The number of hydrogen-bond acceptors (Lipinski definition) is 5. The van der Waals surface area contributed by atoms with E-state index in [4.69, 9.17) is 0 Å². The van der Waals surface area contributed by atoms with Crippen LogP contribution in [0.15, 0.2) is 54.6 Å². The number of carbonyl (C=O) groups excluding carboxylic acids is 2. The molecule has 0 aliphatic carbocycles. The third-order valence-corrected chi connectivity index (χ3v) is 5.75. The summed E-state index contributed by atoms with van der Waals surface area (Å²) in [6, 6.07) is 15.8. The first-order valence-electron chi connectivity index (χ1n) is 11.1. The fourth-order valence-corrected chi connectivity index (χ4v) is 4.13. The first kappa shape index (κ1) is 23.2. The molecule has 1 N–H and O–H groups in total. The molecule has 2 aromatic rings. The second-order valence-electron chi connectivity index (χ2n) is 7.93. The lowest BCUT2D eigenvalue weighted by Crippen LogP contribution is -2.49.